The van der Waals surface area contributed by atoms with E-state index in [1.807, 2.05) is 6.92 Å². The highest BCUT2D eigenvalue weighted by atomic mass is 35.5. The molecule has 3 aromatic rings. The average Bonchev–Trinajstić information content (AvgIpc) is 3.20. The van der Waals surface area contributed by atoms with E-state index in [0.29, 0.717) is 52.5 Å². The SMILES string of the molecule is COc1cc(C(=O)N2CCC(O)C(C)C2)cc2nc(N[C@H](CF)c3cccc(Cl)c3)oc12. The minimum Gasteiger partial charge on any atom is -0.493 e. The first-order chi connectivity index (χ1) is 15.4. The van der Waals surface area contributed by atoms with Gasteiger partial charge in [-0.1, -0.05) is 30.7 Å². The molecule has 0 saturated carbocycles. The number of hydrogen-bond donors (Lipinski definition) is 2. The van der Waals surface area contributed by atoms with Crippen molar-refractivity contribution in [2.45, 2.75) is 25.5 Å². The van der Waals surface area contributed by atoms with Gasteiger partial charge in [0, 0.05) is 23.7 Å². The first-order valence-electron chi connectivity index (χ1n) is 10.4. The van der Waals surface area contributed by atoms with Crippen molar-refractivity contribution in [3.05, 3.63) is 52.5 Å². The fraction of sp³-hybridized carbons (Fsp3) is 0.391. The number of nitrogens with zero attached hydrogens (tertiary/aromatic N) is 2. The van der Waals surface area contributed by atoms with Crippen LogP contribution in [0.1, 0.15) is 35.3 Å². The average molecular weight is 462 g/mol. The maximum absolute atomic E-state index is 13.7. The van der Waals surface area contributed by atoms with E-state index in [1.54, 1.807) is 41.3 Å². The lowest BCUT2D eigenvalue weighted by atomic mass is 9.96. The van der Waals surface area contributed by atoms with E-state index in [-0.39, 0.29) is 17.8 Å². The minimum atomic E-state index is -0.699. The molecule has 0 radical (unpaired) electrons. The summed E-state index contributed by atoms with van der Waals surface area (Å²) in [6.07, 6.45) is 0.140. The smallest absolute Gasteiger partial charge is 0.296 e. The lowest BCUT2D eigenvalue weighted by Crippen LogP contribution is -2.44. The number of rotatable bonds is 6. The fourth-order valence-electron chi connectivity index (χ4n) is 3.92. The Morgan fingerprint density at radius 3 is 2.94 bits per heavy atom. The van der Waals surface area contributed by atoms with E-state index in [4.69, 9.17) is 20.8 Å². The van der Waals surface area contributed by atoms with Gasteiger partial charge in [0.25, 0.3) is 11.9 Å². The molecule has 1 fully saturated rings. The monoisotopic (exact) mass is 461 g/mol. The van der Waals surface area contributed by atoms with E-state index in [1.165, 1.54) is 7.11 Å². The number of carbonyl (C=O) groups excluding carboxylic acids is 1. The molecular formula is C23H25ClFN3O4. The summed E-state index contributed by atoms with van der Waals surface area (Å²) in [6.45, 7) is 2.18. The van der Waals surface area contributed by atoms with Crippen LogP contribution >= 0.6 is 11.6 Å². The van der Waals surface area contributed by atoms with Crippen LogP contribution in [-0.4, -0.2) is 53.9 Å². The molecule has 4 rings (SSSR count). The Balaban J connectivity index is 1.61. The van der Waals surface area contributed by atoms with Crippen molar-refractivity contribution in [2.24, 2.45) is 5.92 Å². The normalized spacial score (nSPS) is 19.7. The van der Waals surface area contributed by atoms with Gasteiger partial charge in [-0.05, 0) is 42.2 Å². The van der Waals surface area contributed by atoms with Crippen LogP contribution in [0.3, 0.4) is 0 Å². The first-order valence-corrected chi connectivity index (χ1v) is 10.8. The van der Waals surface area contributed by atoms with Crippen molar-refractivity contribution in [1.82, 2.24) is 9.88 Å². The van der Waals surface area contributed by atoms with Crippen LogP contribution in [0.25, 0.3) is 11.1 Å². The highest BCUT2D eigenvalue weighted by Gasteiger charge is 2.29. The molecule has 3 atom stereocenters. The summed E-state index contributed by atoms with van der Waals surface area (Å²) in [5.74, 6) is 0.198. The quantitative estimate of drug-likeness (QED) is 0.563. The summed E-state index contributed by atoms with van der Waals surface area (Å²) in [5, 5.41) is 13.4. The topological polar surface area (TPSA) is 87.8 Å². The van der Waals surface area contributed by atoms with Crippen LogP contribution in [0.5, 0.6) is 5.75 Å². The molecule has 1 aliphatic heterocycles. The number of aromatic nitrogens is 1. The van der Waals surface area contributed by atoms with Crippen molar-refractivity contribution >= 4 is 34.6 Å². The number of benzene rings is 2. The molecule has 0 aliphatic carbocycles. The number of carbonyl (C=O) groups is 1. The second-order valence-electron chi connectivity index (χ2n) is 8.04. The van der Waals surface area contributed by atoms with Gasteiger partial charge in [-0.2, -0.15) is 4.98 Å². The zero-order chi connectivity index (χ0) is 22.8. The van der Waals surface area contributed by atoms with Crippen molar-refractivity contribution in [2.75, 3.05) is 32.2 Å². The summed E-state index contributed by atoms with van der Waals surface area (Å²) in [7, 11) is 1.48. The van der Waals surface area contributed by atoms with Crippen LogP contribution in [-0.2, 0) is 0 Å². The number of halogens is 2. The zero-order valence-corrected chi connectivity index (χ0v) is 18.6. The number of nitrogens with one attached hydrogen (secondary N) is 1. The number of aliphatic hydroxyl groups excluding tert-OH is 1. The van der Waals surface area contributed by atoms with Crippen molar-refractivity contribution in [1.29, 1.82) is 0 Å². The van der Waals surface area contributed by atoms with E-state index in [2.05, 4.69) is 10.3 Å². The van der Waals surface area contributed by atoms with Crippen LogP contribution in [0.15, 0.2) is 40.8 Å². The number of amides is 1. The lowest BCUT2D eigenvalue weighted by Gasteiger charge is -2.34. The number of hydrogen-bond acceptors (Lipinski definition) is 6. The molecule has 170 valence electrons. The molecule has 32 heavy (non-hydrogen) atoms. The molecular weight excluding hydrogens is 437 g/mol. The van der Waals surface area contributed by atoms with E-state index in [0.717, 1.165) is 0 Å². The first kappa shape index (κ1) is 22.4. The lowest BCUT2D eigenvalue weighted by molar-refractivity contribution is 0.0297. The molecule has 2 heterocycles. The van der Waals surface area contributed by atoms with E-state index < -0.39 is 18.8 Å². The Morgan fingerprint density at radius 1 is 1.44 bits per heavy atom. The van der Waals surface area contributed by atoms with Crippen LogP contribution in [0.2, 0.25) is 5.02 Å². The van der Waals surface area contributed by atoms with Gasteiger partial charge in [-0.15, -0.1) is 0 Å². The van der Waals surface area contributed by atoms with Gasteiger partial charge in [0.2, 0.25) is 0 Å². The van der Waals surface area contributed by atoms with Crippen molar-refractivity contribution in [3.63, 3.8) is 0 Å². The molecule has 0 spiro atoms. The number of methoxy groups -OCH3 is 1. The fourth-order valence-corrected chi connectivity index (χ4v) is 4.12. The Kier molecular flexibility index (Phi) is 6.53. The Morgan fingerprint density at radius 2 is 2.25 bits per heavy atom. The summed E-state index contributed by atoms with van der Waals surface area (Å²) in [5.41, 5.74) is 1.85. The molecule has 1 amide bonds. The molecule has 2 N–H and O–H groups in total. The predicted octanol–water partition coefficient (Wildman–Crippen LogP) is 4.46. The number of ether oxygens (including phenoxy) is 1. The Labute approximate surface area is 190 Å². The number of piperidine rings is 1. The highest BCUT2D eigenvalue weighted by Crippen LogP contribution is 2.32. The van der Waals surface area contributed by atoms with E-state index >= 15 is 0 Å². The molecule has 2 unspecified atom stereocenters. The van der Waals surface area contributed by atoms with Crippen molar-refractivity contribution in [3.8, 4) is 5.75 Å². The minimum absolute atomic E-state index is 0.00491. The highest BCUT2D eigenvalue weighted by molar-refractivity contribution is 6.30. The Hall–Kier alpha value is -2.84. The third kappa shape index (κ3) is 4.52. The maximum Gasteiger partial charge on any atom is 0.296 e. The number of oxazole rings is 1. The number of aliphatic hydroxyl groups is 1. The number of likely N-dealkylation sites (tertiary alicyclic amines) is 1. The predicted molar refractivity (Wildman–Crippen MR) is 120 cm³/mol. The molecule has 9 heteroatoms. The summed E-state index contributed by atoms with van der Waals surface area (Å²) < 4.78 is 24.9. The van der Waals surface area contributed by atoms with Gasteiger partial charge in [0.15, 0.2) is 11.3 Å². The summed E-state index contributed by atoms with van der Waals surface area (Å²) in [4.78, 5) is 19.2. The second kappa shape index (κ2) is 9.34. The van der Waals surface area contributed by atoms with Crippen molar-refractivity contribution < 1.29 is 23.4 Å². The standard InChI is InChI=1S/C23H25ClFN3O4/c1-13-12-28(7-6-19(13)29)22(30)15-9-17-21(20(10-15)31-2)32-23(26-17)27-18(11-25)14-4-3-5-16(24)8-14/h3-5,8-10,13,18-19,29H,6-7,11-12H2,1-2H3,(H,26,27)/t13?,18-,19?/m1/s1. The second-order valence-corrected chi connectivity index (χ2v) is 8.47. The number of anilines is 1. The molecule has 7 nitrogen and oxygen atoms in total. The molecule has 1 aromatic heterocycles. The number of alkyl halides is 1. The van der Waals surface area contributed by atoms with Gasteiger partial charge in [-0.25, -0.2) is 4.39 Å². The van der Waals surface area contributed by atoms with Gasteiger partial charge in [0.05, 0.1) is 19.3 Å². The van der Waals surface area contributed by atoms with Gasteiger partial charge in [0.1, 0.15) is 12.2 Å². The van der Waals surface area contributed by atoms with E-state index in [9.17, 15) is 14.3 Å². The maximum atomic E-state index is 13.7. The van der Waals surface area contributed by atoms with Gasteiger partial charge in [-0.3, -0.25) is 4.79 Å². The van der Waals surface area contributed by atoms with Gasteiger partial charge >= 0.3 is 0 Å². The third-order valence-corrected chi connectivity index (χ3v) is 6.01. The molecule has 0 bridgehead atoms. The Bertz CT molecular complexity index is 1120. The zero-order valence-electron chi connectivity index (χ0n) is 17.8. The largest absolute Gasteiger partial charge is 0.493 e. The van der Waals surface area contributed by atoms with Crippen LogP contribution in [0, 0.1) is 5.92 Å². The molecule has 1 aliphatic rings. The van der Waals surface area contributed by atoms with Gasteiger partial charge < -0.3 is 24.5 Å². The third-order valence-electron chi connectivity index (χ3n) is 5.77. The summed E-state index contributed by atoms with van der Waals surface area (Å²) in [6, 6.07) is 9.56. The van der Waals surface area contributed by atoms with Crippen LogP contribution < -0.4 is 10.1 Å². The van der Waals surface area contributed by atoms with Crippen LogP contribution in [0.4, 0.5) is 10.4 Å². The molecule has 1 saturated heterocycles. The summed E-state index contributed by atoms with van der Waals surface area (Å²) >= 11 is 6.03. The molecule has 2 aromatic carbocycles. The number of fused-ring (bicyclic) bond motifs is 1.